The average Bonchev–Trinajstić information content (AvgIpc) is 2.70. The summed E-state index contributed by atoms with van der Waals surface area (Å²) < 4.78 is 0. The summed E-state index contributed by atoms with van der Waals surface area (Å²) >= 11 is 5.09. The van der Waals surface area contributed by atoms with E-state index in [-0.39, 0.29) is 16.5 Å². The van der Waals surface area contributed by atoms with Gasteiger partial charge in [-0.05, 0) is 61.5 Å². The minimum atomic E-state index is -0.473. The molecule has 0 saturated carbocycles. The van der Waals surface area contributed by atoms with Gasteiger partial charge in [-0.1, -0.05) is 0 Å². The molecule has 2 aromatic rings. The summed E-state index contributed by atoms with van der Waals surface area (Å²) in [6.07, 6.45) is 0. The van der Waals surface area contributed by atoms with Gasteiger partial charge in [-0.2, -0.15) is 10.2 Å². The number of non-ortho nitro benzene ring substituents is 2. The van der Waals surface area contributed by atoms with Crippen molar-refractivity contribution in [3.8, 4) is 0 Å². The Morgan fingerprint density at radius 3 is 1.39 bits per heavy atom. The van der Waals surface area contributed by atoms with Crippen LogP contribution in [-0.2, 0) is 0 Å². The normalized spacial score (nSPS) is 11.6. The number of nitro groups is 2. The van der Waals surface area contributed by atoms with Crippen molar-refractivity contribution >= 4 is 40.1 Å². The van der Waals surface area contributed by atoms with Crippen LogP contribution in [0.2, 0.25) is 0 Å². The first-order valence-corrected chi connectivity index (χ1v) is 8.33. The van der Waals surface area contributed by atoms with Crippen molar-refractivity contribution in [2.45, 2.75) is 13.8 Å². The fourth-order valence-electron chi connectivity index (χ4n) is 2.07. The summed E-state index contributed by atoms with van der Waals surface area (Å²) in [5.41, 5.74) is 7.81. The van der Waals surface area contributed by atoms with Crippen molar-refractivity contribution in [1.29, 1.82) is 0 Å². The largest absolute Gasteiger partial charge is 0.269 e. The number of nitrogens with one attached hydrogen (secondary N) is 2. The van der Waals surface area contributed by atoms with Crippen molar-refractivity contribution < 1.29 is 9.85 Å². The molecule has 0 bridgehead atoms. The van der Waals surface area contributed by atoms with E-state index in [1.165, 1.54) is 24.3 Å². The Hall–Kier alpha value is -3.73. The Morgan fingerprint density at radius 2 is 1.11 bits per heavy atom. The lowest BCUT2D eigenvalue weighted by atomic mass is 10.1. The molecule has 0 atom stereocenters. The number of thiocarbonyl (C=S) groups is 1. The maximum atomic E-state index is 10.7. The van der Waals surface area contributed by atoms with Crippen LogP contribution < -0.4 is 10.9 Å². The molecule has 0 saturated heterocycles. The van der Waals surface area contributed by atoms with Crippen molar-refractivity contribution in [3.63, 3.8) is 0 Å². The number of nitro benzene ring substituents is 2. The molecule has 11 heteroatoms. The van der Waals surface area contributed by atoms with Crippen LogP contribution in [0.25, 0.3) is 0 Å². The smallest absolute Gasteiger partial charge is 0.258 e. The summed E-state index contributed by atoms with van der Waals surface area (Å²) in [5, 5.41) is 29.7. The highest BCUT2D eigenvalue weighted by atomic mass is 32.1. The van der Waals surface area contributed by atoms with E-state index in [9.17, 15) is 20.2 Å². The standard InChI is InChI=1S/C17H16N6O4S/c1-11(13-3-7-15(8-4-13)22(24)25)18-20-17(28)21-19-12(2)14-5-9-16(10-6-14)23(26)27/h3-10H,1-2H3,(H2,20,21,28)/b18-11+,19-12+. The molecule has 10 nitrogen and oxygen atoms in total. The molecule has 0 spiro atoms. The zero-order valence-corrected chi connectivity index (χ0v) is 15.8. The van der Waals surface area contributed by atoms with Crippen LogP contribution in [0.4, 0.5) is 11.4 Å². The number of nitrogens with zero attached hydrogens (tertiary/aromatic N) is 4. The lowest BCUT2D eigenvalue weighted by molar-refractivity contribution is -0.385. The van der Waals surface area contributed by atoms with E-state index >= 15 is 0 Å². The zero-order chi connectivity index (χ0) is 20.7. The van der Waals surface area contributed by atoms with Gasteiger partial charge in [0.15, 0.2) is 0 Å². The molecule has 2 aromatic carbocycles. The molecule has 0 aromatic heterocycles. The lowest BCUT2D eigenvalue weighted by Crippen LogP contribution is -2.29. The Bertz CT molecular complexity index is 877. The predicted molar refractivity (Wildman–Crippen MR) is 109 cm³/mol. The molecule has 0 aliphatic rings. The van der Waals surface area contributed by atoms with Gasteiger partial charge in [-0.3, -0.25) is 31.1 Å². The minimum Gasteiger partial charge on any atom is -0.258 e. The van der Waals surface area contributed by atoms with Gasteiger partial charge in [0.05, 0.1) is 21.3 Å². The third-order valence-electron chi connectivity index (χ3n) is 3.64. The molecule has 0 aliphatic carbocycles. The topological polar surface area (TPSA) is 135 Å². The molecule has 28 heavy (non-hydrogen) atoms. The summed E-state index contributed by atoms with van der Waals surface area (Å²) in [7, 11) is 0. The van der Waals surface area contributed by atoms with Crippen LogP contribution >= 0.6 is 12.2 Å². The highest BCUT2D eigenvalue weighted by Gasteiger charge is 2.07. The molecule has 0 heterocycles. The van der Waals surface area contributed by atoms with Crippen molar-refractivity contribution in [3.05, 3.63) is 79.9 Å². The Balaban J connectivity index is 1.95. The predicted octanol–water partition coefficient (Wildman–Crippen LogP) is 3.12. The second-order valence-electron chi connectivity index (χ2n) is 5.56. The fourth-order valence-corrected chi connectivity index (χ4v) is 2.16. The molecule has 0 fully saturated rings. The van der Waals surface area contributed by atoms with E-state index in [1.54, 1.807) is 38.1 Å². The number of hydrogen-bond donors (Lipinski definition) is 2. The Labute approximate surface area is 165 Å². The van der Waals surface area contributed by atoms with Gasteiger partial charge in [-0.15, -0.1) is 0 Å². The molecule has 0 aliphatic heterocycles. The minimum absolute atomic E-state index is 0.00208. The molecule has 2 N–H and O–H groups in total. The Kier molecular flexibility index (Phi) is 6.82. The van der Waals surface area contributed by atoms with Gasteiger partial charge in [0.25, 0.3) is 11.4 Å². The summed E-state index contributed by atoms with van der Waals surface area (Å²) in [5.74, 6) is 0. The molecular formula is C17H16N6O4S. The number of benzene rings is 2. The molecular weight excluding hydrogens is 384 g/mol. The number of rotatable bonds is 6. The van der Waals surface area contributed by atoms with Crippen LogP contribution in [0.15, 0.2) is 58.7 Å². The SMILES string of the molecule is C/C(=N\NC(=S)N/N=C(\C)c1ccc([N+](=O)[O-])cc1)c1ccc([N+](=O)[O-])cc1. The first-order valence-electron chi connectivity index (χ1n) is 7.92. The van der Waals surface area contributed by atoms with E-state index in [2.05, 4.69) is 21.1 Å². The molecule has 0 amide bonds. The summed E-state index contributed by atoms with van der Waals surface area (Å²) in [6, 6.07) is 11.9. The van der Waals surface area contributed by atoms with Gasteiger partial charge in [-0.25, -0.2) is 0 Å². The van der Waals surface area contributed by atoms with Crippen LogP contribution in [0.3, 0.4) is 0 Å². The molecule has 0 unspecified atom stereocenters. The van der Waals surface area contributed by atoms with E-state index in [0.717, 1.165) is 0 Å². The number of hydrazone groups is 2. The van der Waals surface area contributed by atoms with Gasteiger partial charge in [0, 0.05) is 24.3 Å². The average molecular weight is 400 g/mol. The van der Waals surface area contributed by atoms with Gasteiger partial charge < -0.3 is 0 Å². The first kappa shape index (κ1) is 20.6. The van der Waals surface area contributed by atoms with Gasteiger partial charge in [0.1, 0.15) is 0 Å². The Morgan fingerprint density at radius 1 is 0.786 bits per heavy atom. The van der Waals surface area contributed by atoms with E-state index < -0.39 is 9.85 Å². The molecule has 2 rings (SSSR count). The van der Waals surface area contributed by atoms with Crippen molar-refractivity contribution in [2.24, 2.45) is 10.2 Å². The van der Waals surface area contributed by atoms with Crippen LogP contribution in [0.5, 0.6) is 0 Å². The highest BCUT2D eigenvalue weighted by Crippen LogP contribution is 2.13. The molecule has 0 radical (unpaired) electrons. The van der Waals surface area contributed by atoms with Crippen molar-refractivity contribution in [2.75, 3.05) is 0 Å². The lowest BCUT2D eigenvalue weighted by Gasteiger charge is -2.06. The quantitative estimate of drug-likeness (QED) is 0.329. The third-order valence-corrected chi connectivity index (χ3v) is 3.82. The number of hydrogen-bond acceptors (Lipinski definition) is 7. The zero-order valence-electron chi connectivity index (χ0n) is 14.9. The monoisotopic (exact) mass is 400 g/mol. The summed E-state index contributed by atoms with van der Waals surface area (Å²) in [6.45, 7) is 3.45. The van der Waals surface area contributed by atoms with Crippen LogP contribution in [0.1, 0.15) is 25.0 Å². The molecule has 144 valence electrons. The first-order chi connectivity index (χ1) is 13.3. The van der Waals surface area contributed by atoms with E-state index in [1.807, 2.05) is 0 Å². The second kappa shape index (κ2) is 9.28. The fraction of sp³-hybridized carbons (Fsp3) is 0.118. The van der Waals surface area contributed by atoms with Gasteiger partial charge in [0.2, 0.25) is 5.11 Å². The summed E-state index contributed by atoms with van der Waals surface area (Å²) in [4.78, 5) is 20.4. The second-order valence-corrected chi connectivity index (χ2v) is 5.96. The van der Waals surface area contributed by atoms with Crippen molar-refractivity contribution in [1.82, 2.24) is 10.9 Å². The third kappa shape index (κ3) is 5.64. The maximum absolute atomic E-state index is 10.7. The highest BCUT2D eigenvalue weighted by molar-refractivity contribution is 7.80. The van der Waals surface area contributed by atoms with E-state index in [0.29, 0.717) is 22.6 Å². The van der Waals surface area contributed by atoms with Gasteiger partial charge >= 0.3 is 0 Å². The van der Waals surface area contributed by atoms with E-state index in [4.69, 9.17) is 12.2 Å². The maximum Gasteiger partial charge on any atom is 0.269 e. The van der Waals surface area contributed by atoms with Crippen LogP contribution in [-0.4, -0.2) is 26.4 Å². The van der Waals surface area contributed by atoms with Crippen LogP contribution in [0, 0.1) is 20.2 Å².